The van der Waals surface area contributed by atoms with Crippen LogP contribution in [0.25, 0.3) is 11.0 Å². The van der Waals surface area contributed by atoms with Gasteiger partial charge >= 0.3 is 0 Å². The molecule has 1 aromatic heterocycles. The molecule has 15 heavy (non-hydrogen) atoms. The summed E-state index contributed by atoms with van der Waals surface area (Å²) < 4.78 is 0. The first-order chi connectivity index (χ1) is 7.33. The van der Waals surface area contributed by atoms with Gasteiger partial charge in [0, 0.05) is 6.04 Å². The number of benzene rings is 1. The molecule has 0 amide bonds. The molecule has 3 heteroatoms. The van der Waals surface area contributed by atoms with Crippen LogP contribution in [0.15, 0.2) is 30.5 Å². The van der Waals surface area contributed by atoms with E-state index in [1.54, 1.807) is 0 Å². The molecule has 1 aromatic carbocycles. The first-order valence-corrected chi connectivity index (χ1v) is 5.31. The van der Waals surface area contributed by atoms with E-state index < -0.39 is 0 Å². The molecule has 1 fully saturated rings. The van der Waals surface area contributed by atoms with Crippen molar-refractivity contribution in [1.82, 2.24) is 9.97 Å². The maximum atomic E-state index is 4.52. The van der Waals surface area contributed by atoms with Crippen LogP contribution in [0.5, 0.6) is 0 Å². The van der Waals surface area contributed by atoms with Crippen LogP contribution in [-0.2, 0) is 0 Å². The molecular formula is C12H13N3. The Labute approximate surface area is 88.6 Å². The standard InChI is InChI=1S/C12H13N3/c1-8-6-11(8)15-12-7-13-9-4-2-3-5-10(9)14-12/h2-5,7-8,11H,6H2,1H3,(H,14,15). The third-order valence-corrected chi connectivity index (χ3v) is 2.89. The molecule has 0 spiro atoms. The highest BCUT2D eigenvalue weighted by molar-refractivity contribution is 5.75. The number of nitrogens with zero attached hydrogens (tertiary/aromatic N) is 2. The molecule has 1 aliphatic rings. The Kier molecular flexibility index (Phi) is 1.84. The van der Waals surface area contributed by atoms with Crippen LogP contribution < -0.4 is 5.32 Å². The topological polar surface area (TPSA) is 37.8 Å². The summed E-state index contributed by atoms with van der Waals surface area (Å²) in [6, 6.07) is 8.53. The van der Waals surface area contributed by atoms with Gasteiger partial charge in [-0.05, 0) is 24.5 Å². The molecule has 1 saturated carbocycles. The van der Waals surface area contributed by atoms with Crippen LogP contribution >= 0.6 is 0 Å². The number of anilines is 1. The summed E-state index contributed by atoms with van der Waals surface area (Å²) in [7, 11) is 0. The zero-order valence-electron chi connectivity index (χ0n) is 8.64. The smallest absolute Gasteiger partial charge is 0.145 e. The minimum Gasteiger partial charge on any atom is -0.366 e. The summed E-state index contributed by atoms with van der Waals surface area (Å²) in [5.74, 6) is 1.67. The van der Waals surface area contributed by atoms with Gasteiger partial charge in [0.05, 0.1) is 17.2 Å². The molecule has 2 aromatic rings. The van der Waals surface area contributed by atoms with Gasteiger partial charge in [0.1, 0.15) is 5.82 Å². The fourth-order valence-corrected chi connectivity index (χ4v) is 1.74. The average Bonchev–Trinajstić information content (AvgIpc) is 2.94. The lowest BCUT2D eigenvalue weighted by molar-refractivity contribution is 0.923. The van der Waals surface area contributed by atoms with E-state index in [1.165, 1.54) is 6.42 Å². The molecule has 3 rings (SSSR count). The second-order valence-electron chi connectivity index (χ2n) is 4.21. The molecule has 0 bridgehead atoms. The highest BCUT2D eigenvalue weighted by Gasteiger charge is 2.32. The number of fused-ring (bicyclic) bond motifs is 1. The molecule has 76 valence electrons. The summed E-state index contributed by atoms with van der Waals surface area (Å²) >= 11 is 0. The van der Waals surface area contributed by atoms with E-state index in [-0.39, 0.29) is 0 Å². The van der Waals surface area contributed by atoms with Crippen molar-refractivity contribution in [3.05, 3.63) is 30.5 Å². The van der Waals surface area contributed by atoms with E-state index in [4.69, 9.17) is 0 Å². The van der Waals surface area contributed by atoms with Crippen LogP contribution in [0.3, 0.4) is 0 Å². The quantitative estimate of drug-likeness (QED) is 0.807. The fraction of sp³-hybridized carbons (Fsp3) is 0.333. The van der Waals surface area contributed by atoms with Gasteiger partial charge in [0.2, 0.25) is 0 Å². The molecule has 1 N–H and O–H groups in total. The van der Waals surface area contributed by atoms with Crippen molar-refractivity contribution < 1.29 is 0 Å². The van der Waals surface area contributed by atoms with Gasteiger partial charge < -0.3 is 5.32 Å². The zero-order valence-corrected chi connectivity index (χ0v) is 8.64. The number of nitrogens with one attached hydrogen (secondary N) is 1. The number of rotatable bonds is 2. The van der Waals surface area contributed by atoms with Gasteiger partial charge in [-0.2, -0.15) is 0 Å². The van der Waals surface area contributed by atoms with Crippen LogP contribution in [0.4, 0.5) is 5.82 Å². The summed E-state index contributed by atoms with van der Waals surface area (Å²) in [5, 5.41) is 3.38. The molecule has 0 radical (unpaired) electrons. The van der Waals surface area contributed by atoms with Crippen LogP contribution in [0, 0.1) is 5.92 Å². The number of aromatic nitrogens is 2. The molecule has 1 heterocycles. The molecule has 0 aliphatic heterocycles. The van der Waals surface area contributed by atoms with Gasteiger partial charge in [0.25, 0.3) is 0 Å². The van der Waals surface area contributed by atoms with Crippen molar-refractivity contribution in [3.63, 3.8) is 0 Å². The Hall–Kier alpha value is -1.64. The van der Waals surface area contributed by atoms with E-state index in [1.807, 2.05) is 30.5 Å². The van der Waals surface area contributed by atoms with Gasteiger partial charge in [0.15, 0.2) is 0 Å². The van der Waals surface area contributed by atoms with E-state index in [0.717, 1.165) is 22.8 Å². The molecule has 2 unspecified atom stereocenters. The van der Waals surface area contributed by atoms with Crippen molar-refractivity contribution in [2.45, 2.75) is 19.4 Å². The lowest BCUT2D eigenvalue weighted by atomic mass is 10.3. The Morgan fingerprint density at radius 1 is 1.27 bits per heavy atom. The summed E-state index contributed by atoms with van der Waals surface area (Å²) in [6.45, 7) is 2.24. The number of hydrogen-bond donors (Lipinski definition) is 1. The predicted molar refractivity (Wildman–Crippen MR) is 60.7 cm³/mol. The number of hydrogen-bond acceptors (Lipinski definition) is 3. The van der Waals surface area contributed by atoms with E-state index in [0.29, 0.717) is 6.04 Å². The first kappa shape index (κ1) is 8.65. The Morgan fingerprint density at radius 2 is 2.00 bits per heavy atom. The van der Waals surface area contributed by atoms with Gasteiger partial charge in [-0.1, -0.05) is 19.1 Å². The van der Waals surface area contributed by atoms with E-state index in [9.17, 15) is 0 Å². The predicted octanol–water partition coefficient (Wildman–Crippen LogP) is 2.45. The highest BCUT2D eigenvalue weighted by atomic mass is 15.1. The second kappa shape index (κ2) is 3.19. The minimum atomic E-state index is 0.598. The Morgan fingerprint density at radius 3 is 2.73 bits per heavy atom. The summed E-state index contributed by atoms with van der Waals surface area (Å²) in [4.78, 5) is 8.88. The van der Waals surface area contributed by atoms with Crippen LogP contribution in [0.1, 0.15) is 13.3 Å². The third kappa shape index (κ3) is 1.65. The normalized spacial score (nSPS) is 24.1. The molecular weight excluding hydrogens is 186 g/mol. The van der Waals surface area contributed by atoms with Gasteiger partial charge in [-0.3, -0.25) is 4.98 Å². The lowest BCUT2D eigenvalue weighted by Gasteiger charge is -2.04. The van der Waals surface area contributed by atoms with Crippen molar-refractivity contribution in [3.8, 4) is 0 Å². The van der Waals surface area contributed by atoms with Crippen molar-refractivity contribution in [1.29, 1.82) is 0 Å². The maximum Gasteiger partial charge on any atom is 0.145 e. The maximum absolute atomic E-state index is 4.52. The zero-order chi connectivity index (χ0) is 10.3. The average molecular weight is 199 g/mol. The Balaban J connectivity index is 1.92. The van der Waals surface area contributed by atoms with Gasteiger partial charge in [-0.25, -0.2) is 4.98 Å². The molecule has 3 nitrogen and oxygen atoms in total. The summed E-state index contributed by atoms with van der Waals surface area (Å²) in [5.41, 5.74) is 1.91. The lowest BCUT2D eigenvalue weighted by Crippen LogP contribution is -2.05. The van der Waals surface area contributed by atoms with Crippen LogP contribution in [0.2, 0.25) is 0 Å². The fourth-order valence-electron chi connectivity index (χ4n) is 1.74. The molecule has 1 aliphatic carbocycles. The third-order valence-electron chi connectivity index (χ3n) is 2.89. The van der Waals surface area contributed by atoms with Crippen molar-refractivity contribution in [2.24, 2.45) is 5.92 Å². The monoisotopic (exact) mass is 199 g/mol. The minimum absolute atomic E-state index is 0.598. The van der Waals surface area contributed by atoms with E-state index in [2.05, 4.69) is 22.2 Å². The van der Waals surface area contributed by atoms with Gasteiger partial charge in [-0.15, -0.1) is 0 Å². The SMILES string of the molecule is CC1CC1Nc1cnc2ccccc2n1. The number of para-hydroxylation sites is 2. The second-order valence-corrected chi connectivity index (χ2v) is 4.21. The molecule has 2 atom stereocenters. The van der Waals surface area contributed by atoms with Crippen molar-refractivity contribution in [2.75, 3.05) is 5.32 Å². The largest absolute Gasteiger partial charge is 0.366 e. The highest BCUT2D eigenvalue weighted by Crippen LogP contribution is 2.32. The van der Waals surface area contributed by atoms with Crippen molar-refractivity contribution >= 4 is 16.9 Å². The summed E-state index contributed by atoms with van der Waals surface area (Å²) in [6.07, 6.45) is 3.06. The molecule has 0 saturated heterocycles. The van der Waals surface area contributed by atoms with E-state index >= 15 is 0 Å². The van der Waals surface area contributed by atoms with Crippen LogP contribution in [-0.4, -0.2) is 16.0 Å². The first-order valence-electron chi connectivity index (χ1n) is 5.31. The Bertz CT molecular complexity index is 495.